The summed E-state index contributed by atoms with van der Waals surface area (Å²) in [6, 6.07) is 3.56. The molecule has 0 fully saturated rings. The van der Waals surface area contributed by atoms with Crippen molar-refractivity contribution in [3.8, 4) is 0 Å². The van der Waals surface area contributed by atoms with Gasteiger partial charge in [0, 0.05) is 18.3 Å². The van der Waals surface area contributed by atoms with Crippen LogP contribution in [0.3, 0.4) is 0 Å². The van der Waals surface area contributed by atoms with Gasteiger partial charge in [-0.3, -0.25) is 4.79 Å². The van der Waals surface area contributed by atoms with Crippen molar-refractivity contribution in [3.05, 3.63) is 41.0 Å². The second kappa shape index (κ2) is 5.53. The maximum atomic E-state index is 11.6. The Morgan fingerprint density at radius 2 is 2.33 bits per heavy atom. The molecule has 2 aromatic rings. The van der Waals surface area contributed by atoms with Crippen LogP contribution in [-0.4, -0.2) is 22.6 Å². The SMILES string of the molecule is Cc1noc(C)c1CCCNC(=O)c1ccc[nH]1. The number of H-pyrrole nitrogens is 1. The van der Waals surface area contributed by atoms with Gasteiger partial charge < -0.3 is 14.8 Å². The van der Waals surface area contributed by atoms with Gasteiger partial charge in [-0.15, -0.1) is 0 Å². The quantitative estimate of drug-likeness (QED) is 0.794. The fourth-order valence-electron chi connectivity index (χ4n) is 1.89. The molecule has 0 radical (unpaired) electrons. The zero-order valence-corrected chi connectivity index (χ0v) is 10.6. The molecule has 18 heavy (non-hydrogen) atoms. The minimum Gasteiger partial charge on any atom is -0.361 e. The molecule has 0 bridgehead atoms. The van der Waals surface area contributed by atoms with Crippen LogP contribution in [0.25, 0.3) is 0 Å². The molecule has 5 heteroatoms. The number of rotatable bonds is 5. The van der Waals surface area contributed by atoms with E-state index in [4.69, 9.17) is 4.52 Å². The van der Waals surface area contributed by atoms with Crippen molar-refractivity contribution in [2.75, 3.05) is 6.54 Å². The molecular weight excluding hydrogens is 230 g/mol. The molecular formula is C13H17N3O2. The van der Waals surface area contributed by atoms with Crippen LogP contribution >= 0.6 is 0 Å². The van der Waals surface area contributed by atoms with Gasteiger partial charge in [0.05, 0.1) is 5.69 Å². The molecule has 96 valence electrons. The van der Waals surface area contributed by atoms with Crippen molar-refractivity contribution < 1.29 is 9.32 Å². The first-order valence-electron chi connectivity index (χ1n) is 6.02. The minimum atomic E-state index is -0.0706. The fourth-order valence-corrected chi connectivity index (χ4v) is 1.89. The van der Waals surface area contributed by atoms with E-state index in [1.54, 1.807) is 18.3 Å². The number of aromatic nitrogens is 2. The van der Waals surface area contributed by atoms with E-state index in [9.17, 15) is 4.79 Å². The van der Waals surface area contributed by atoms with Crippen molar-refractivity contribution in [1.29, 1.82) is 0 Å². The van der Waals surface area contributed by atoms with Crippen LogP contribution in [0.1, 0.15) is 33.9 Å². The smallest absolute Gasteiger partial charge is 0.267 e. The number of nitrogens with one attached hydrogen (secondary N) is 2. The van der Waals surface area contributed by atoms with Gasteiger partial charge in [0.1, 0.15) is 11.5 Å². The molecule has 0 saturated heterocycles. The minimum absolute atomic E-state index is 0.0706. The van der Waals surface area contributed by atoms with Gasteiger partial charge in [-0.05, 0) is 38.8 Å². The highest BCUT2D eigenvalue weighted by Crippen LogP contribution is 2.13. The van der Waals surface area contributed by atoms with Crippen LogP contribution in [0, 0.1) is 13.8 Å². The lowest BCUT2D eigenvalue weighted by Gasteiger charge is -2.03. The van der Waals surface area contributed by atoms with E-state index >= 15 is 0 Å². The number of hydrogen-bond acceptors (Lipinski definition) is 3. The van der Waals surface area contributed by atoms with E-state index in [0.29, 0.717) is 12.2 Å². The predicted molar refractivity (Wildman–Crippen MR) is 67.4 cm³/mol. The van der Waals surface area contributed by atoms with E-state index < -0.39 is 0 Å². The largest absolute Gasteiger partial charge is 0.361 e. The van der Waals surface area contributed by atoms with E-state index in [0.717, 1.165) is 29.9 Å². The van der Waals surface area contributed by atoms with Crippen molar-refractivity contribution in [3.63, 3.8) is 0 Å². The van der Waals surface area contributed by atoms with Crippen LogP contribution < -0.4 is 5.32 Å². The molecule has 0 unspecified atom stereocenters. The first kappa shape index (κ1) is 12.4. The predicted octanol–water partition coefficient (Wildman–Crippen LogP) is 1.98. The average molecular weight is 247 g/mol. The molecule has 2 heterocycles. The summed E-state index contributed by atoms with van der Waals surface area (Å²) in [6.45, 7) is 4.48. The van der Waals surface area contributed by atoms with Crippen molar-refractivity contribution in [2.45, 2.75) is 26.7 Å². The zero-order chi connectivity index (χ0) is 13.0. The maximum absolute atomic E-state index is 11.6. The zero-order valence-electron chi connectivity index (χ0n) is 10.6. The van der Waals surface area contributed by atoms with Crippen LogP contribution in [0.2, 0.25) is 0 Å². The fraction of sp³-hybridized carbons (Fsp3) is 0.385. The number of carbonyl (C=O) groups excluding carboxylic acids is 1. The van der Waals surface area contributed by atoms with E-state index in [1.807, 2.05) is 13.8 Å². The molecule has 0 aliphatic carbocycles. The van der Waals surface area contributed by atoms with E-state index in [-0.39, 0.29) is 5.91 Å². The Bertz CT molecular complexity index is 495. The van der Waals surface area contributed by atoms with E-state index in [1.165, 1.54) is 0 Å². The number of aromatic amines is 1. The number of carbonyl (C=O) groups is 1. The number of nitrogens with zero attached hydrogens (tertiary/aromatic N) is 1. The molecule has 0 atom stereocenters. The summed E-state index contributed by atoms with van der Waals surface area (Å²) in [5.74, 6) is 0.793. The molecule has 0 spiro atoms. The first-order chi connectivity index (χ1) is 8.68. The molecule has 0 saturated carbocycles. The van der Waals surface area contributed by atoms with Gasteiger partial charge in [0.2, 0.25) is 0 Å². The van der Waals surface area contributed by atoms with Crippen molar-refractivity contribution in [1.82, 2.24) is 15.5 Å². The summed E-state index contributed by atoms with van der Waals surface area (Å²) < 4.78 is 5.09. The van der Waals surface area contributed by atoms with Crippen LogP contribution in [0.15, 0.2) is 22.9 Å². The van der Waals surface area contributed by atoms with Gasteiger partial charge in [0.25, 0.3) is 5.91 Å². The average Bonchev–Trinajstić information content (AvgIpc) is 2.97. The third kappa shape index (κ3) is 2.80. The lowest BCUT2D eigenvalue weighted by Crippen LogP contribution is -2.25. The summed E-state index contributed by atoms with van der Waals surface area (Å²) in [6.07, 6.45) is 3.47. The molecule has 2 N–H and O–H groups in total. The molecule has 2 rings (SSSR count). The highest BCUT2D eigenvalue weighted by molar-refractivity contribution is 5.92. The molecule has 1 amide bonds. The maximum Gasteiger partial charge on any atom is 0.267 e. The molecule has 0 aliphatic rings. The second-order valence-electron chi connectivity index (χ2n) is 4.25. The lowest BCUT2D eigenvalue weighted by molar-refractivity contribution is 0.0949. The summed E-state index contributed by atoms with van der Waals surface area (Å²) in [7, 11) is 0. The Kier molecular flexibility index (Phi) is 3.82. The molecule has 0 aliphatic heterocycles. The van der Waals surface area contributed by atoms with E-state index in [2.05, 4.69) is 15.5 Å². The molecule has 0 aromatic carbocycles. The Labute approximate surface area is 106 Å². The van der Waals surface area contributed by atoms with Gasteiger partial charge in [-0.2, -0.15) is 0 Å². The van der Waals surface area contributed by atoms with Crippen LogP contribution in [0.5, 0.6) is 0 Å². The summed E-state index contributed by atoms with van der Waals surface area (Å²) >= 11 is 0. The van der Waals surface area contributed by atoms with Gasteiger partial charge in [0.15, 0.2) is 0 Å². The summed E-state index contributed by atoms with van der Waals surface area (Å²) in [5.41, 5.74) is 2.67. The Morgan fingerprint density at radius 3 is 2.94 bits per heavy atom. The van der Waals surface area contributed by atoms with Gasteiger partial charge in [-0.1, -0.05) is 5.16 Å². The van der Waals surface area contributed by atoms with Gasteiger partial charge in [-0.25, -0.2) is 0 Å². The number of aryl methyl sites for hydroxylation is 2. The summed E-state index contributed by atoms with van der Waals surface area (Å²) in [4.78, 5) is 14.5. The third-order valence-electron chi connectivity index (χ3n) is 2.91. The number of hydrogen-bond donors (Lipinski definition) is 2. The van der Waals surface area contributed by atoms with Crippen LogP contribution in [0.4, 0.5) is 0 Å². The monoisotopic (exact) mass is 247 g/mol. The second-order valence-corrected chi connectivity index (χ2v) is 4.25. The summed E-state index contributed by atoms with van der Waals surface area (Å²) in [5, 5.41) is 6.77. The van der Waals surface area contributed by atoms with Crippen molar-refractivity contribution in [2.24, 2.45) is 0 Å². The normalized spacial score (nSPS) is 10.6. The standard InChI is InChI=1S/C13H17N3O2/c1-9-11(10(2)18-16-9)5-3-8-15-13(17)12-6-4-7-14-12/h4,6-7,14H,3,5,8H2,1-2H3,(H,15,17). The topological polar surface area (TPSA) is 70.9 Å². The third-order valence-corrected chi connectivity index (χ3v) is 2.91. The Balaban J connectivity index is 1.75. The highest BCUT2D eigenvalue weighted by Gasteiger charge is 2.09. The molecule has 2 aromatic heterocycles. The Morgan fingerprint density at radius 1 is 1.50 bits per heavy atom. The van der Waals surface area contributed by atoms with Gasteiger partial charge >= 0.3 is 0 Å². The lowest BCUT2D eigenvalue weighted by atomic mass is 10.1. The molecule has 5 nitrogen and oxygen atoms in total. The highest BCUT2D eigenvalue weighted by atomic mass is 16.5. The first-order valence-corrected chi connectivity index (χ1v) is 6.02. The van der Waals surface area contributed by atoms with Crippen molar-refractivity contribution >= 4 is 5.91 Å². The number of amides is 1. The van der Waals surface area contributed by atoms with Crippen LogP contribution in [-0.2, 0) is 6.42 Å². The Hall–Kier alpha value is -2.04.